The summed E-state index contributed by atoms with van der Waals surface area (Å²) in [7, 11) is -3.49. The zero-order valence-electron chi connectivity index (χ0n) is 11.6. The van der Waals surface area contributed by atoms with Crippen molar-refractivity contribution in [2.45, 2.75) is 36.7 Å². The van der Waals surface area contributed by atoms with E-state index in [9.17, 15) is 8.42 Å². The Morgan fingerprint density at radius 2 is 2.14 bits per heavy atom. The monoisotopic (exact) mass is 322 g/mol. The summed E-state index contributed by atoms with van der Waals surface area (Å²) in [6, 6.07) is 9.57. The molecule has 1 aromatic heterocycles. The molecule has 1 atom stereocenters. The first-order valence-electron chi connectivity index (χ1n) is 6.98. The molecule has 0 saturated carbocycles. The summed E-state index contributed by atoms with van der Waals surface area (Å²) in [5, 5.41) is 1.65. The molecule has 0 aliphatic heterocycles. The highest BCUT2D eigenvalue weighted by Crippen LogP contribution is 2.31. The second-order valence-electron chi connectivity index (χ2n) is 5.22. The van der Waals surface area contributed by atoms with Crippen LogP contribution in [-0.2, 0) is 23.0 Å². The maximum atomic E-state index is 12.5. The predicted molar refractivity (Wildman–Crippen MR) is 84.7 cm³/mol. The van der Waals surface area contributed by atoms with Crippen LogP contribution in [0.5, 0.6) is 0 Å². The highest BCUT2D eigenvalue weighted by Gasteiger charge is 2.26. The van der Waals surface area contributed by atoms with Crippen LogP contribution in [-0.4, -0.2) is 8.42 Å². The van der Waals surface area contributed by atoms with Gasteiger partial charge < -0.3 is 5.73 Å². The van der Waals surface area contributed by atoms with E-state index in [4.69, 9.17) is 5.73 Å². The Balaban J connectivity index is 1.86. The minimum absolute atomic E-state index is 0.138. The molecular formula is C15H18N2O2S2. The van der Waals surface area contributed by atoms with Crippen LogP contribution in [0.4, 0.5) is 0 Å². The summed E-state index contributed by atoms with van der Waals surface area (Å²) in [5.74, 6) is 0. The lowest BCUT2D eigenvalue weighted by molar-refractivity contribution is 0.507. The summed E-state index contributed by atoms with van der Waals surface area (Å²) in [6.07, 6.45) is 2.86. The van der Waals surface area contributed by atoms with Crippen molar-refractivity contribution in [2.75, 3.05) is 0 Å². The van der Waals surface area contributed by atoms with Crippen LogP contribution < -0.4 is 10.5 Å². The van der Waals surface area contributed by atoms with E-state index >= 15 is 0 Å². The number of nitrogens with two attached hydrogens (primary N) is 1. The molecule has 0 saturated heterocycles. The summed E-state index contributed by atoms with van der Waals surface area (Å²) < 4.78 is 27.8. The molecule has 2 aromatic rings. The largest absolute Gasteiger partial charge is 0.326 e. The number of fused-ring (bicyclic) bond motifs is 1. The van der Waals surface area contributed by atoms with Crippen LogP contribution >= 0.6 is 11.3 Å². The van der Waals surface area contributed by atoms with E-state index in [1.54, 1.807) is 11.4 Å². The standard InChI is InChI=1S/C15H18N2O2S2/c16-9-12-8-13(10-20-12)21(18,19)17-15-7-3-5-11-4-1-2-6-14(11)15/h1-2,4,6,8,10,15,17H,3,5,7,9,16H2. The fourth-order valence-electron chi connectivity index (χ4n) is 2.74. The Hall–Kier alpha value is -1.21. The molecule has 0 radical (unpaired) electrons. The van der Waals surface area contributed by atoms with E-state index in [1.807, 2.05) is 18.2 Å². The lowest BCUT2D eigenvalue weighted by Crippen LogP contribution is -2.30. The molecule has 0 amide bonds. The lowest BCUT2D eigenvalue weighted by Gasteiger charge is -2.26. The number of nitrogens with one attached hydrogen (secondary N) is 1. The maximum Gasteiger partial charge on any atom is 0.241 e. The van der Waals surface area contributed by atoms with Gasteiger partial charge in [0.05, 0.1) is 4.90 Å². The van der Waals surface area contributed by atoms with E-state index in [-0.39, 0.29) is 6.04 Å². The number of hydrogen-bond acceptors (Lipinski definition) is 4. The molecule has 4 nitrogen and oxygen atoms in total. The fourth-order valence-corrected chi connectivity index (χ4v) is 5.15. The first kappa shape index (κ1) is 14.7. The van der Waals surface area contributed by atoms with E-state index in [0.717, 1.165) is 29.7 Å². The van der Waals surface area contributed by atoms with E-state index < -0.39 is 10.0 Å². The molecule has 0 spiro atoms. The summed E-state index contributed by atoms with van der Waals surface area (Å²) in [5.41, 5.74) is 7.89. The fraction of sp³-hybridized carbons (Fsp3) is 0.333. The van der Waals surface area contributed by atoms with Crippen LogP contribution in [0, 0.1) is 0 Å². The molecule has 1 heterocycles. The van der Waals surface area contributed by atoms with Crippen molar-refractivity contribution >= 4 is 21.4 Å². The first-order chi connectivity index (χ1) is 10.1. The van der Waals surface area contributed by atoms with Gasteiger partial charge >= 0.3 is 0 Å². The summed E-state index contributed by atoms with van der Waals surface area (Å²) in [6.45, 7) is 0.368. The smallest absolute Gasteiger partial charge is 0.241 e. The molecule has 1 unspecified atom stereocenters. The Kier molecular flexibility index (Phi) is 4.12. The highest BCUT2D eigenvalue weighted by atomic mass is 32.2. The van der Waals surface area contributed by atoms with E-state index in [1.165, 1.54) is 16.9 Å². The van der Waals surface area contributed by atoms with Crippen LogP contribution in [0.1, 0.15) is 34.9 Å². The average molecular weight is 322 g/mol. The number of sulfonamides is 1. The van der Waals surface area contributed by atoms with E-state index in [2.05, 4.69) is 10.8 Å². The Labute approximate surface area is 129 Å². The quantitative estimate of drug-likeness (QED) is 0.908. The number of rotatable bonds is 4. The van der Waals surface area contributed by atoms with Gasteiger partial charge in [0.1, 0.15) is 0 Å². The third kappa shape index (κ3) is 3.03. The topological polar surface area (TPSA) is 72.2 Å². The minimum Gasteiger partial charge on any atom is -0.326 e. The second-order valence-corrected chi connectivity index (χ2v) is 7.93. The van der Waals surface area contributed by atoms with Crippen molar-refractivity contribution in [1.29, 1.82) is 0 Å². The average Bonchev–Trinajstić information content (AvgIpc) is 2.97. The molecule has 1 aliphatic carbocycles. The van der Waals surface area contributed by atoms with Gasteiger partial charge in [0, 0.05) is 22.8 Å². The van der Waals surface area contributed by atoms with Crippen molar-refractivity contribution in [1.82, 2.24) is 4.72 Å². The molecular weight excluding hydrogens is 304 g/mol. The number of aryl methyl sites for hydroxylation is 1. The van der Waals surface area contributed by atoms with Gasteiger partial charge in [-0.1, -0.05) is 24.3 Å². The SMILES string of the molecule is NCc1cc(S(=O)(=O)NC2CCCc3ccccc32)cs1. The molecule has 0 bridgehead atoms. The van der Waals surface area contributed by atoms with Gasteiger partial charge in [-0.2, -0.15) is 0 Å². The van der Waals surface area contributed by atoms with Crippen LogP contribution in [0.2, 0.25) is 0 Å². The normalized spacial score (nSPS) is 18.4. The van der Waals surface area contributed by atoms with Crippen molar-refractivity contribution < 1.29 is 8.42 Å². The Morgan fingerprint density at radius 3 is 2.90 bits per heavy atom. The van der Waals surface area contributed by atoms with Crippen LogP contribution in [0.15, 0.2) is 40.6 Å². The van der Waals surface area contributed by atoms with Gasteiger partial charge in [-0.3, -0.25) is 0 Å². The van der Waals surface area contributed by atoms with E-state index in [0.29, 0.717) is 11.4 Å². The van der Waals surface area contributed by atoms with Gasteiger partial charge in [-0.15, -0.1) is 11.3 Å². The number of hydrogen-bond donors (Lipinski definition) is 2. The Morgan fingerprint density at radius 1 is 1.33 bits per heavy atom. The lowest BCUT2D eigenvalue weighted by atomic mass is 9.88. The van der Waals surface area contributed by atoms with Crippen molar-refractivity contribution in [3.05, 3.63) is 51.7 Å². The minimum atomic E-state index is -3.49. The zero-order chi connectivity index (χ0) is 14.9. The zero-order valence-corrected chi connectivity index (χ0v) is 13.2. The molecule has 3 N–H and O–H groups in total. The molecule has 1 aromatic carbocycles. The highest BCUT2D eigenvalue weighted by molar-refractivity contribution is 7.89. The van der Waals surface area contributed by atoms with Gasteiger partial charge in [0.2, 0.25) is 10.0 Å². The first-order valence-corrected chi connectivity index (χ1v) is 9.34. The summed E-state index contributed by atoms with van der Waals surface area (Å²) >= 11 is 1.38. The molecule has 6 heteroatoms. The number of benzene rings is 1. The summed E-state index contributed by atoms with van der Waals surface area (Å²) in [4.78, 5) is 1.19. The third-order valence-corrected chi connectivity index (χ3v) is 6.37. The predicted octanol–water partition coefficient (Wildman–Crippen LogP) is 2.56. The number of thiophene rings is 1. The molecule has 3 rings (SSSR count). The van der Waals surface area contributed by atoms with Crippen LogP contribution in [0.25, 0.3) is 0 Å². The molecule has 1 aliphatic rings. The van der Waals surface area contributed by atoms with Gasteiger partial charge in [0.25, 0.3) is 0 Å². The molecule has 112 valence electrons. The molecule has 21 heavy (non-hydrogen) atoms. The van der Waals surface area contributed by atoms with Crippen molar-refractivity contribution in [3.8, 4) is 0 Å². The van der Waals surface area contributed by atoms with Crippen molar-refractivity contribution in [3.63, 3.8) is 0 Å². The van der Waals surface area contributed by atoms with Gasteiger partial charge in [-0.25, -0.2) is 13.1 Å². The maximum absolute atomic E-state index is 12.5. The van der Waals surface area contributed by atoms with Crippen LogP contribution in [0.3, 0.4) is 0 Å². The Bertz CT molecular complexity index is 738. The van der Waals surface area contributed by atoms with Gasteiger partial charge in [-0.05, 0) is 36.5 Å². The van der Waals surface area contributed by atoms with Gasteiger partial charge in [0.15, 0.2) is 0 Å². The van der Waals surface area contributed by atoms with Crippen molar-refractivity contribution in [2.24, 2.45) is 5.73 Å². The third-order valence-electron chi connectivity index (χ3n) is 3.81. The molecule has 0 fully saturated rings. The second kappa shape index (κ2) is 5.88.